The number of aryl methyl sites for hydroxylation is 1. The summed E-state index contributed by atoms with van der Waals surface area (Å²) in [5, 5.41) is 9.22. The number of hydrogen-bond donors (Lipinski definition) is 3. The minimum atomic E-state index is -0.605. The van der Waals surface area contributed by atoms with Crippen LogP contribution in [0, 0.1) is 6.92 Å². The van der Waals surface area contributed by atoms with Crippen LogP contribution in [-0.2, 0) is 11.4 Å². The van der Waals surface area contributed by atoms with Gasteiger partial charge < -0.3 is 25.6 Å². The van der Waals surface area contributed by atoms with E-state index < -0.39 is 11.9 Å². The average Bonchev–Trinajstić information content (AvgIpc) is 2.95. The quantitative estimate of drug-likeness (QED) is 0.252. The van der Waals surface area contributed by atoms with E-state index in [4.69, 9.17) is 27.9 Å². The second-order valence-corrected chi connectivity index (χ2v) is 9.62. The van der Waals surface area contributed by atoms with Crippen molar-refractivity contribution in [3.05, 3.63) is 93.6 Å². The van der Waals surface area contributed by atoms with E-state index in [1.54, 1.807) is 37.4 Å². The van der Waals surface area contributed by atoms with Crippen molar-refractivity contribution in [1.82, 2.24) is 15.6 Å². The SMILES string of the molecule is CNC(=O)c1cccc(NC(=O)NCC(=O)N(C)c2ccc(Cl)c(COc3cc4ccccc4nc3C)c2Cl)c1. The van der Waals surface area contributed by atoms with Crippen LogP contribution in [0.4, 0.5) is 16.2 Å². The molecule has 206 valence electrons. The number of nitrogens with one attached hydrogen (secondary N) is 3. The van der Waals surface area contributed by atoms with E-state index >= 15 is 0 Å². The number of nitrogens with zero attached hydrogens (tertiary/aromatic N) is 2. The largest absolute Gasteiger partial charge is 0.487 e. The van der Waals surface area contributed by atoms with Crippen molar-refractivity contribution >= 4 is 63.3 Å². The molecule has 1 aromatic heterocycles. The fraction of sp³-hybridized carbons (Fsp3) is 0.172. The number of urea groups is 1. The van der Waals surface area contributed by atoms with Crippen LogP contribution in [0.25, 0.3) is 10.9 Å². The second kappa shape index (κ2) is 12.7. The molecule has 0 unspecified atom stereocenters. The van der Waals surface area contributed by atoms with Crippen molar-refractivity contribution in [3.8, 4) is 5.75 Å². The summed E-state index contributed by atoms with van der Waals surface area (Å²) in [7, 11) is 3.06. The molecule has 0 saturated carbocycles. The number of likely N-dealkylation sites (N-methyl/N-ethyl adjacent to an activating group) is 1. The summed E-state index contributed by atoms with van der Waals surface area (Å²) in [6.45, 7) is 1.62. The van der Waals surface area contributed by atoms with Crippen molar-refractivity contribution in [3.63, 3.8) is 0 Å². The molecule has 4 aromatic rings. The number of pyridine rings is 1. The Morgan fingerprint density at radius 2 is 1.77 bits per heavy atom. The first-order valence-electron chi connectivity index (χ1n) is 12.3. The van der Waals surface area contributed by atoms with Gasteiger partial charge in [-0.05, 0) is 49.4 Å². The van der Waals surface area contributed by atoms with Gasteiger partial charge in [-0.25, -0.2) is 9.78 Å². The molecule has 0 aliphatic carbocycles. The van der Waals surface area contributed by atoms with Crippen LogP contribution in [0.3, 0.4) is 0 Å². The highest BCUT2D eigenvalue weighted by Crippen LogP contribution is 2.35. The van der Waals surface area contributed by atoms with Crippen molar-refractivity contribution < 1.29 is 19.1 Å². The summed E-state index contributed by atoms with van der Waals surface area (Å²) in [5.41, 5.74) is 3.30. The van der Waals surface area contributed by atoms with Gasteiger partial charge >= 0.3 is 6.03 Å². The molecule has 3 aromatic carbocycles. The molecule has 0 aliphatic rings. The van der Waals surface area contributed by atoms with Gasteiger partial charge in [0.05, 0.1) is 28.5 Å². The molecule has 3 N–H and O–H groups in total. The molecule has 11 heteroatoms. The minimum Gasteiger partial charge on any atom is -0.487 e. The van der Waals surface area contributed by atoms with E-state index in [-0.39, 0.29) is 24.1 Å². The Kier molecular flexibility index (Phi) is 9.08. The highest BCUT2D eigenvalue weighted by atomic mass is 35.5. The van der Waals surface area contributed by atoms with Gasteiger partial charge in [-0.1, -0.05) is 47.5 Å². The third kappa shape index (κ3) is 6.62. The molecule has 0 spiro atoms. The van der Waals surface area contributed by atoms with E-state index in [1.165, 1.54) is 18.0 Å². The molecule has 0 radical (unpaired) electrons. The molecule has 40 heavy (non-hydrogen) atoms. The zero-order chi connectivity index (χ0) is 28.8. The van der Waals surface area contributed by atoms with E-state index in [9.17, 15) is 14.4 Å². The lowest BCUT2D eigenvalue weighted by Crippen LogP contribution is -2.40. The summed E-state index contributed by atoms with van der Waals surface area (Å²) in [4.78, 5) is 43.0. The predicted molar refractivity (Wildman–Crippen MR) is 158 cm³/mol. The third-order valence-corrected chi connectivity index (χ3v) is 6.93. The fourth-order valence-corrected chi connectivity index (χ4v) is 4.54. The molecular weight excluding hydrogens is 553 g/mol. The summed E-state index contributed by atoms with van der Waals surface area (Å²) in [6.07, 6.45) is 0. The van der Waals surface area contributed by atoms with E-state index in [0.29, 0.717) is 33.3 Å². The number of halogens is 2. The van der Waals surface area contributed by atoms with Crippen LogP contribution in [0.1, 0.15) is 21.6 Å². The number of hydrogen-bond acceptors (Lipinski definition) is 5. The topological polar surface area (TPSA) is 113 Å². The van der Waals surface area contributed by atoms with Crippen LogP contribution in [-0.4, -0.2) is 43.5 Å². The molecule has 0 saturated heterocycles. The van der Waals surface area contributed by atoms with E-state index in [1.807, 2.05) is 37.3 Å². The van der Waals surface area contributed by atoms with Gasteiger partial charge in [0.2, 0.25) is 5.91 Å². The lowest BCUT2D eigenvalue weighted by molar-refractivity contribution is -0.117. The van der Waals surface area contributed by atoms with Gasteiger partial charge in [-0.2, -0.15) is 0 Å². The number of fused-ring (bicyclic) bond motifs is 1. The molecule has 9 nitrogen and oxygen atoms in total. The number of carbonyl (C=O) groups excluding carboxylic acids is 3. The van der Waals surface area contributed by atoms with Crippen molar-refractivity contribution in [1.29, 1.82) is 0 Å². The lowest BCUT2D eigenvalue weighted by atomic mass is 10.1. The number of amides is 4. The van der Waals surface area contributed by atoms with Crippen LogP contribution >= 0.6 is 23.2 Å². The normalized spacial score (nSPS) is 10.6. The van der Waals surface area contributed by atoms with Crippen molar-refractivity contribution in [2.45, 2.75) is 13.5 Å². The monoisotopic (exact) mass is 579 g/mol. The Bertz CT molecular complexity index is 1590. The van der Waals surface area contributed by atoms with Gasteiger partial charge in [0.25, 0.3) is 5.91 Å². The van der Waals surface area contributed by atoms with Crippen LogP contribution in [0.15, 0.2) is 66.7 Å². The first kappa shape index (κ1) is 28.7. The van der Waals surface area contributed by atoms with Gasteiger partial charge in [0, 0.05) is 41.3 Å². The maximum Gasteiger partial charge on any atom is 0.319 e. The molecule has 0 atom stereocenters. The fourth-order valence-electron chi connectivity index (χ4n) is 3.93. The zero-order valence-corrected chi connectivity index (χ0v) is 23.6. The Morgan fingerprint density at radius 1 is 1.00 bits per heavy atom. The molecule has 0 bridgehead atoms. The predicted octanol–water partition coefficient (Wildman–Crippen LogP) is 5.57. The third-order valence-electron chi connectivity index (χ3n) is 6.15. The van der Waals surface area contributed by atoms with Gasteiger partial charge in [0.1, 0.15) is 12.4 Å². The van der Waals surface area contributed by atoms with Gasteiger partial charge in [-0.3, -0.25) is 9.59 Å². The summed E-state index contributed by atoms with van der Waals surface area (Å²) >= 11 is 13.1. The van der Waals surface area contributed by atoms with E-state index in [2.05, 4.69) is 20.9 Å². The Morgan fingerprint density at radius 3 is 2.55 bits per heavy atom. The highest BCUT2D eigenvalue weighted by molar-refractivity contribution is 6.38. The van der Waals surface area contributed by atoms with Gasteiger partial charge in [0.15, 0.2) is 0 Å². The standard InChI is InChI=1S/C29H27Cl2N5O4/c1-17-25(14-18-7-4-5-10-23(18)34-17)40-16-21-22(30)11-12-24(27(21)31)36(3)26(37)15-33-29(39)35-20-9-6-8-19(13-20)28(38)32-2/h4-14H,15-16H2,1-3H3,(H,32,38)(H2,33,35,39). The maximum absolute atomic E-state index is 12.9. The minimum absolute atomic E-state index is 0.0597. The summed E-state index contributed by atoms with van der Waals surface area (Å²) in [6, 6.07) is 18.7. The summed E-state index contributed by atoms with van der Waals surface area (Å²) < 4.78 is 6.03. The lowest BCUT2D eigenvalue weighted by Gasteiger charge is -2.21. The number of carbonyl (C=O) groups is 3. The number of aromatic nitrogens is 1. The molecule has 0 fully saturated rings. The number of para-hydroxylation sites is 1. The first-order valence-corrected chi connectivity index (χ1v) is 13.0. The number of benzene rings is 3. The number of rotatable bonds is 8. The van der Waals surface area contributed by atoms with Crippen LogP contribution in [0.5, 0.6) is 5.75 Å². The molecular formula is C29H27Cl2N5O4. The Hall–Kier alpha value is -4.34. The molecule has 4 amide bonds. The molecule has 1 heterocycles. The molecule has 4 rings (SSSR count). The first-order chi connectivity index (χ1) is 19.2. The highest BCUT2D eigenvalue weighted by Gasteiger charge is 2.20. The average molecular weight is 580 g/mol. The van der Waals surface area contributed by atoms with Crippen molar-refractivity contribution in [2.24, 2.45) is 0 Å². The van der Waals surface area contributed by atoms with Crippen molar-refractivity contribution in [2.75, 3.05) is 30.9 Å². The molecule has 0 aliphatic heterocycles. The van der Waals surface area contributed by atoms with Crippen LogP contribution < -0.4 is 25.6 Å². The van der Waals surface area contributed by atoms with E-state index in [0.717, 1.165) is 16.6 Å². The second-order valence-electron chi connectivity index (χ2n) is 8.83. The van der Waals surface area contributed by atoms with Gasteiger partial charge in [-0.15, -0.1) is 0 Å². The number of anilines is 2. The Balaban J connectivity index is 1.40. The van der Waals surface area contributed by atoms with Crippen LogP contribution in [0.2, 0.25) is 10.0 Å². The summed E-state index contributed by atoms with van der Waals surface area (Å²) in [5.74, 6) is -0.105. The smallest absolute Gasteiger partial charge is 0.319 e. The maximum atomic E-state index is 12.9. The Labute approximate surface area is 241 Å². The zero-order valence-electron chi connectivity index (χ0n) is 22.0. The number of ether oxygens (including phenoxy) is 1.